The van der Waals surface area contributed by atoms with Crippen LogP contribution in [0.3, 0.4) is 0 Å². The van der Waals surface area contributed by atoms with Crippen molar-refractivity contribution in [1.29, 1.82) is 0 Å². The van der Waals surface area contributed by atoms with Gasteiger partial charge in [0.2, 0.25) is 0 Å². The molecule has 2 aromatic rings. The molecule has 0 bridgehead atoms. The predicted molar refractivity (Wildman–Crippen MR) is 99.4 cm³/mol. The number of hydrogen-bond acceptors (Lipinski definition) is 5. The topological polar surface area (TPSA) is 86.6 Å². The first kappa shape index (κ1) is 17.2. The lowest BCUT2D eigenvalue weighted by Crippen LogP contribution is -2.25. The lowest BCUT2D eigenvalue weighted by atomic mass is 9.92. The molecule has 25 heavy (non-hydrogen) atoms. The third-order valence-corrected chi connectivity index (χ3v) is 4.55. The molecule has 1 aliphatic carbocycles. The van der Waals surface area contributed by atoms with Gasteiger partial charge in [-0.1, -0.05) is 23.4 Å². The summed E-state index contributed by atoms with van der Waals surface area (Å²) in [6.45, 7) is 1.42. The molecule has 0 atom stereocenters. The summed E-state index contributed by atoms with van der Waals surface area (Å²) in [5, 5.41) is 18.5. The second-order valence-electron chi connectivity index (χ2n) is 6.31. The largest absolute Gasteiger partial charge is 0.411 e. The van der Waals surface area contributed by atoms with Crippen molar-refractivity contribution in [3.05, 3.63) is 35.5 Å². The molecular formula is C19H24N4O2. The molecule has 0 aliphatic heterocycles. The Morgan fingerprint density at radius 2 is 2.00 bits per heavy atom. The minimum absolute atomic E-state index is 0.371. The number of para-hydroxylation sites is 1. The van der Waals surface area contributed by atoms with Crippen molar-refractivity contribution in [2.45, 2.75) is 38.5 Å². The zero-order valence-electron chi connectivity index (χ0n) is 14.3. The highest BCUT2D eigenvalue weighted by atomic mass is 16.4. The molecule has 132 valence electrons. The number of fused-ring (bicyclic) bond motifs is 2. The molecule has 1 aromatic heterocycles. The fourth-order valence-corrected chi connectivity index (χ4v) is 3.35. The number of amides is 1. The molecule has 3 rings (SSSR count). The molecule has 1 heterocycles. The standard InChI is InChI=1S/C19H24N4O2/c24-18(13-22-25)20-11-5-6-12-21-19-14-7-1-3-9-16(14)23-17-10-4-2-8-15(17)19/h1,3,7,9,13,25H,2,4-6,8,10-12H2,(H,20,24)(H,21,23)/b22-13+. The highest BCUT2D eigenvalue weighted by molar-refractivity contribution is 6.25. The first-order valence-corrected chi connectivity index (χ1v) is 8.89. The fourth-order valence-electron chi connectivity index (χ4n) is 3.35. The van der Waals surface area contributed by atoms with E-state index in [0.29, 0.717) is 6.54 Å². The Hall–Kier alpha value is -2.63. The summed E-state index contributed by atoms with van der Waals surface area (Å²) in [7, 11) is 0. The Labute approximate surface area is 147 Å². The van der Waals surface area contributed by atoms with Crippen LogP contribution in [0.2, 0.25) is 0 Å². The van der Waals surface area contributed by atoms with Gasteiger partial charge in [0.05, 0.1) is 5.52 Å². The van der Waals surface area contributed by atoms with Crippen LogP contribution in [0.25, 0.3) is 10.9 Å². The van der Waals surface area contributed by atoms with Crippen LogP contribution in [0.1, 0.15) is 36.9 Å². The number of unbranched alkanes of at least 4 members (excludes halogenated alkanes) is 1. The van der Waals surface area contributed by atoms with Gasteiger partial charge in [-0.15, -0.1) is 0 Å². The maximum absolute atomic E-state index is 11.2. The number of aryl methyl sites for hydroxylation is 1. The smallest absolute Gasteiger partial charge is 0.265 e. The van der Waals surface area contributed by atoms with E-state index in [9.17, 15) is 4.79 Å². The molecule has 6 nitrogen and oxygen atoms in total. The summed E-state index contributed by atoms with van der Waals surface area (Å²) in [4.78, 5) is 16.0. The van der Waals surface area contributed by atoms with Crippen molar-refractivity contribution >= 4 is 28.7 Å². The number of anilines is 1. The van der Waals surface area contributed by atoms with Gasteiger partial charge in [0.15, 0.2) is 0 Å². The van der Waals surface area contributed by atoms with E-state index in [0.717, 1.165) is 44.0 Å². The van der Waals surface area contributed by atoms with Crippen molar-refractivity contribution < 1.29 is 10.0 Å². The van der Waals surface area contributed by atoms with Crippen molar-refractivity contribution in [2.24, 2.45) is 5.16 Å². The zero-order chi connectivity index (χ0) is 17.5. The van der Waals surface area contributed by atoms with Crippen molar-refractivity contribution in [3.8, 4) is 0 Å². The number of nitrogens with zero attached hydrogens (tertiary/aromatic N) is 2. The van der Waals surface area contributed by atoms with Gasteiger partial charge < -0.3 is 15.8 Å². The maximum atomic E-state index is 11.2. The normalized spacial score (nSPS) is 13.8. The van der Waals surface area contributed by atoms with Gasteiger partial charge in [0.1, 0.15) is 6.21 Å². The number of hydrogen-bond donors (Lipinski definition) is 3. The van der Waals surface area contributed by atoms with E-state index in [2.05, 4.69) is 34.0 Å². The Kier molecular flexibility index (Phi) is 5.82. The number of oxime groups is 1. The first-order valence-electron chi connectivity index (χ1n) is 8.89. The van der Waals surface area contributed by atoms with Crippen molar-refractivity contribution in [1.82, 2.24) is 10.3 Å². The molecule has 1 aliphatic rings. The minimum atomic E-state index is -0.371. The van der Waals surface area contributed by atoms with Crippen LogP contribution in [-0.4, -0.2) is 35.4 Å². The Morgan fingerprint density at radius 3 is 2.88 bits per heavy atom. The van der Waals surface area contributed by atoms with Gasteiger partial charge in [-0.25, -0.2) is 0 Å². The number of benzene rings is 1. The molecule has 1 aromatic carbocycles. The average Bonchev–Trinajstić information content (AvgIpc) is 2.64. The first-order chi connectivity index (χ1) is 12.3. The van der Waals surface area contributed by atoms with E-state index < -0.39 is 0 Å². The SMILES string of the molecule is O=C(/C=N/O)NCCCCNc1c2c(nc3ccccc13)CCCC2. The van der Waals surface area contributed by atoms with E-state index in [1.165, 1.54) is 35.2 Å². The van der Waals surface area contributed by atoms with Crippen LogP contribution in [0.5, 0.6) is 0 Å². The third-order valence-electron chi connectivity index (χ3n) is 4.55. The molecule has 0 fully saturated rings. The number of carbonyl (C=O) groups excluding carboxylic acids is 1. The molecule has 0 spiro atoms. The zero-order valence-corrected chi connectivity index (χ0v) is 14.3. The summed E-state index contributed by atoms with van der Waals surface area (Å²) < 4.78 is 0. The fraction of sp³-hybridized carbons (Fsp3) is 0.421. The van der Waals surface area contributed by atoms with Crippen LogP contribution in [-0.2, 0) is 17.6 Å². The number of aromatic nitrogens is 1. The van der Waals surface area contributed by atoms with Crippen LogP contribution >= 0.6 is 0 Å². The average molecular weight is 340 g/mol. The molecule has 3 N–H and O–H groups in total. The Morgan fingerprint density at radius 1 is 1.20 bits per heavy atom. The maximum Gasteiger partial charge on any atom is 0.265 e. The summed E-state index contributed by atoms with van der Waals surface area (Å²) in [5.74, 6) is -0.371. The number of carbonyl (C=O) groups is 1. The Balaban J connectivity index is 1.62. The van der Waals surface area contributed by atoms with Crippen molar-refractivity contribution in [2.75, 3.05) is 18.4 Å². The van der Waals surface area contributed by atoms with Gasteiger partial charge in [-0.3, -0.25) is 9.78 Å². The van der Waals surface area contributed by atoms with Crippen LogP contribution < -0.4 is 10.6 Å². The van der Waals surface area contributed by atoms with Gasteiger partial charge in [0.25, 0.3) is 5.91 Å². The summed E-state index contributed by atoms with van der Waals surface area (Å²) in [5.41, 5.74) is 4.90. The molecule has 0 saturated carbocycles. The van der Waals surface area contributed by atoms with Gasteiger partial charge >= 0.3 is 0 Å². The third kappa shape index (κ3) is 4.26. The van der Waals surface area contributed by atoms with E-state index >= 15 is 0 Å². The Bertz CT molecular complexity index is 773. The van der Waals surface area contributed by atoms with E-state index in [-0.39, 0.29) is 5.91 Å². The summed E-state index contributed by atoms with van der Waals surface area (Å²) in [6, 6.07) is 8.30. The van der Waals surface area contributed by atoms with E-state index in [1.54, 1.807) is 0 Å². The second-order valence-corrected chi connectivity index (χ2v) is 6.31. The van der Waals surface area contributed by atoms with Crippen LogP contribution in [0.15, 0.2) is 29.4 Å². The van der Waals surface area contributed by atoms with Crippen molar-refractivity contribution in [3.63, 3.8) is 0 Å². The number of pyridine rings is 1. The molecule has 6 heteroatoms. The lowest BCUT2D eigenvalue weighted by molar-refractivity contribution is -0.114. The van der Waals surface area contributed by atoms with E-state index in [1.807, 2.05) is 6.07 Å². The number of nitrogens with one attached hydrogen (secondary N) is 2. The quantitative estimate of drug-likeness (QED) is 0.313. The number of rotatable bonds is 7. The molecule has 0 saturated heterocycles. The minimum Gasteiger partial charge on any atom is -0.411 e. The summed E-state index contributed by atoms with van der Waals surface area (Å²) in [6.07, 6.45) is 7.27. The monoisotopic (exact) mass is 340 g/mol. The second kappa shape index (κ2) is 8.46. The molecular weight excluding hydrogens is 316 g/mol. The summed E-state index contributed by atoms with van der Waals surface area (Å²) >= 11 is 0. The highest BCUT2D eigenvalue weighted by Gasteiger charge is 2.17. The highest BCUT2D eigenvalue weighted by Crippen LogP contribution is 2.33. The van der Waals surface area contributed by atoms with Crippen LogP contribution in [0, 0.1) is 0 Å². The van der Waals surface area contributed by atoms with E-state index in [4.69, 9.17) is 10.2 Å². The van der Waals surface area contributed by atoms with Gasteiger partial charge in [0, 0.05) is 29.9 Å². The molecule has 0 unspecified atom stereocenters. The molecule has 1 amide bonds. The van der Waals surface area contributed by atoms with Crippen LogP contribution in [0.4, 0.5) is 5.69 Å². The van der Waals surface area contributed by atoms with Gasteiger partial charge in [-0.2, -0.15) is 0 Å². The lowest BCUT2D eigenvalue weighted by Gasteiger charge is -2.21. The molecule has 0 radical (unpaired) electrons. The van der Waals surface area contributed by atoms with Gasteiger partial charge in [-0.05, 0) is 50.2 Å². The predicted octanol–water partition coefficient (Wildman–Crippen LogP) is 2.88.